The second-order valence-corrected chi connectivity index (χ2v) is 9.33. The van der Waals surface area contributed by atoms with Gasteiger partial charge in [0.05, 0.1) is 6.20 Å². The first-order valence-electron chi connectivity index (χ1n) is 11.8. The maximum absolute atomic E-state index is 13.0. The van der Waals surface area contributed by atoms with E-state index in [1.807, 2.05) is 31.2 Å². The third-order valence-corrected chi connectivity index (χ3v) is 7.13. The highest BCUT2D eigenvalue weighted by Gasteiger charge is 2.35. The number of aromatic carboxylic acids is 1. The summed E-state index contributed by atoms with van der Waals surface area (Å²) in [6, 6.07) is 12.2. The first kappa shape index (κ1) is 22.8. The van der Waals surface area contributed by atoms with Crippen molar-refractivity contribution in [2.75, 3.05) is 0 Å². The third kappa shape index (κ3) is 4.30. The monoisotopic (exact) mass is 467 g/mol. The first-order valence-corrected chi connectivity index (χ1v) is 11.8. The quantitative estimate of drug-likeness (QED) is 0.631. The summed E-state index contributed by atoms with van der Waals surface area (Å²) >= 11 is 0. The van der Waals surface area contributed by atoms with Crippen LogP contribution in [0.1, 0.15) is 64.9 Å². The van der Waals surface area contributed by atoms with E-state index in [9.17, 15) is 14.4 Å². The molecule has 7 heteroatoms. The summed E-state index contributed by atoms with van der Waals surface area (Å²) in [5, 5.41) is 18.9. The molecular formula is C28H25N3O4. The summed E-state index contributed by atoms with van der Waals surface area (Å²) in [4.78, 5) is 39.6. The fourth-order valence-electron chi connectivity index (χ4n) is 5.18. The normalized spacial score (nSPS) is 20.0. The van der Waals surface area contributed by atoms with Crippen molar-refractivity contribution in [2.45, 2.75) is 38.5 Å². The van der Waals surface area contributed by atoms with Gasteiger partial charge in [-0.2, -0.15) is 0 Å². The van der Waals surface area contributed by atoms with Crippen LogP contribution in [-0.4, -0.2) is 37.8 Å². The molecule has 7 nitrogen and oxygen atoms in total. The van der Waals surface area contributed by atoms with Gasteiger partial charge in [0.25, 0.3) is 0 Å². The Morgan fingerprint density at radius 3 is 2.51 bits per heavy atom. The van der Waals surface area contributed by atoms with Crippen LogP contribution in [0.3, 0.4) is 0 Å². The van der Waals surface area contributed by atoms with Crippen molar-refractivity contribution in [3.05, 3.63) is 86.6 Å². The second kappa shape index (κ2) is 9.33. The van der Waals surface area contributed by atoms with Crippen LogP contribution in [0.2, 0.25) is 0 Å². The summed E-state index contributed by atoms with van der Waals surface area (Å²) in [6.07, 6.45) is 10.7. The van der Waals surface area contributed by atoms with E-state index in [-0.39, 0.29) is 29.1 Å². The zero-order chi connectivity index (χ0) is 24.5. The molecule has 3 aliphatic rings. The smallest absolute Gasteiger partial charge is 0.358 e. The SMILES string of the molecule is CC1C=c2ccc3c(c2C(CC2CCC2)C1=O)C(=O)C=c1ccccc1=3.O=C(O)c1cncnn1. The first-order chi connectivity index (χ1) is 16.9. The molecule has 0 aliphatic heterocycles. The number of carboxylic acids is 1. The molecule has 2 atom stereocenters. The Morgan fingerprint density at radius 1 is 1.06 bits per heavy atom. The van der Waals surface area contributed by atoms with E-state index in [1.54, 1.807) is 6.08 Å². The fraction of sp³-hybridized carbons (Fsp3) is 0.286. The number of carbonyl (C=O) groups excluding carboxylic acids is 2. The van der Waals surface area contributed by atoms with Crippen molar-refractivity contribution in [2.24, 2.45) is 11.8 Å². The molecule has 35 heavy (non-hydrogen) atoms. The molecule has 2 aromatic carbocycles. The van der Waals surface area contributed by atoms with E-state index in [2.05, 4.69) is 33.4 Å². The molecule has 0 amide bonds. The Bertz CT molecular complexity index is 1550. The molecular weight excluding hydrogens is 442 g/mol. The van der Waals surface area contributed by atoms with Crippen LogP contribution in [0, 0.1) is 22.3 Å². The van der Waals surface area contributed by atoms with Crippen molar-refractivity contribution in [3.63, 3.8) is 0 Å². The van der Waals surface area contributed by atoms with Gasteiger partial charge in [0.15, 0.2) is 11.5 Å². The van der Waals surface area contributed by atoms with E-state index >= 15 is 0 Å². The van der Waals surface area contributed by atoms with Gasteiger partial charge in [-0.25, -0.2) is 9.78 Å². The summed E-state index contributed by atoms with van der Waals surface area (Å²) in [5.41, 5.74) is 1.62. The minimum atomic E-state index is -1.12. The van der Waals surface area contributed by atoms with Gasteiger partial charge in [0.1, 0.15) is 12.1 Å². The average Bonchev–Trinajstić information content (AvgIpc) is 2.84. The molecule has 2 unspecified atom stereocenters. The van der Waals surface area contributed by atoms with Gasteiger partial charge >= 0.3 is 5.97 Å². The molecule has 6 rings (SSSR count). The summed E-state index contributed by atoms with van der Waals surface area (Å²) in [6.45, 7) is 1.99. The fourth-order valence-corrected chi connectivity index (χ4v) is 5.18. The Hall–Kier alpha value is -4.00. The van der Waals surface area contributed by atoms with E-state index < -0.39 is 5.97 Å². The van der Waals surface area contributed by atoms with Gasteiger partial charge in [-0.05, 0) is 44.9 Å². The lowest BCUT2D eigenvalue weighted by Crippen LogP contribution is -2.35. The maximum Gasteiger partial charge on any atom is 0.358 e. The van der Waals surface area contributed by atoms with Crippen LogP contribution in [0.25, 0.3) is 12.2 Å². The zero-order valence-electron chi connectivity index (χ0n) is 19.3. The lowest BCUT2D eigenvalue weighted by Gasteiger charge is -2.33. The van der Waals surface area contributed by atoms with E-state index in [0.717, 1.165) is 44.6 Å². The van der Waals surface area contributed by atoms with Gasteiger partial charge in [0, 0.05) is 17.4 Å². The molecule has 3 aromatic rings. The number of rotatable bonds is 3. The van der Waals surface area contributed by atoms with Gasteiger partial charge < -0.3 is 5.11 Å². The molecule has 0 radical (unpaired) electrons. The predicted octanol–water partition coefficient (Wildman–Crippen LogP) is 2.79. The number of fused-ring (bicyclic) bond motifs is 4. The minimum absolute atomic E-state index is 0.0462. The van der Waals surface area contributed by atoms with Crippen LogP contribution in [0.15, 0.2) is 48.9 Å². The number of benzene rings is 2. The number of carbonyl (C=O) groups is 3. The highest BCUT2D eigenvalue weighted by Crippen LogP contribution is 2.39. The molecule has 1 fully saturated rings. The van der Waals surface area contributed by atoms with E-state index in [4.69, 9.17) is 5.11 Å². The number of ketones is 2. The number of Topliss-reactive ketones (excluding diaryl/α,β-unsaturated/α-hetero) is 2. The standard InChI is InChI=1S/C24H22O2.C4H3N3O2/c1-14-11-17-9-10-19-18-8-3-2-7-16(18)13-21(25)23(19)22(17)20(24(14)26)12-15-5-4-6-15;8-4(9)3-1-5-2-6-7-3/h2-3,7-11,13-15,20H,4-6,12H2,1H3;1-2H,(H,8,9). The lowest BCUT2D eigenvalue weighted by molar-refractivity contribution is -0.123. The molecule has 176 valence electrons. The van der Waals surface area contributed by atoms with Gasteiger partial charge in [0.2, 0.25) is 0 Å². The minimum Gasteiger partial charge on any atom is -0.476 e. The number of carboxylic acid groups (broad SMARTS) is 1. The van der Waals surface area contributed by atoms with Crippen LogP contribution < -0.4 is 10.4 Å². The van der Waals surface area contributed by atoms with E-state index in [1.165, 1.54) is 25.6 Å². The Balaban J connectivity index is 0.000000239. The summed E-state index contributed by atoms with van der Waals surface area (Å²) < 4.78 is 0. The van der Waals surface area contributed by atoms with Crippen LogP contribution >= 0.6 is 0 Å². The maximum atomic E-state index is 13.0. The number of nitrogens with zero attached hydrogens (tertiary/aromatic N) is 3. The molecule has 0 saturated heterocycles. The predicted molar refractivity (Wildman–Crippen MR) is 129 cm³/mol. The largest absolute Gasteiger partial charge is 0.476 e. The van der Waals surface area contributed by atoms with Gasteiger partial charge in [-0.15, -0.1) is 10.2 Å². The van der Waals surface area contributed by atoms with Crippen molar-refractivity contribution in [1.29, 1.82) is 0 Å². The zero-order valence-corrected chi connectivity index (χ0v) is 19.3. The Labute approximate surface area is 201 Å². The van der Waals surface area contributed by atoms with Gasteiger partial charge in [-0.3, -0.25) is 9.59 Å². The van der Waals surface area contributed by atoms with Crippen LogP contribution in [-0.2, 0) is 4.79 Å². The van der Waals surface area contributed by atoms with Crippen LogP contribution in [0.5, 0.6) is 0 Å². The number of hydrogen-bond acceptors (Lipinski definition) is 6. The number of hydrogen-bond donors (Lipinski definition) is 1. The summed E-state index contributed by atoms with van der Waals surface area (Å²) in [7, 11) is 0. The number of aromatic nitrogens is 3. The molecule has 1 heterocycles. The van der Waals surface area contributed by atoms with Crippen molar-refractivity contribution >= 4 is 29.7 Å². The van der Waals surface area contributed by atoms with Crippen molar-refractivity contribution in [3.8, 4) is 0 Å². The van der Waals surface area contributed by atoms with Crippen molar-refractivity contribution in [1.82, 2.24) is 15.2 Å². The molecule has 0 spiro atoms. The highest BCUT2D eigenvalue weighted by molar-refractivity contribution is 6.19. The molecule has 0 bridgehead atoms. The molecule has 1 aromatic heterocycles. The molecule has 1 saturated carbocycles. The van der Waals surface area contributed by atoms with Gasteiger partial charge in [-0.1, -0.05) is 68.7 Å². The van der Waals surface area contributed by atoms with E-state index in [0.29, 0.717) is 5.92 Å². The highest BCUT2D eigenvalue weighted by atomic mass is 16.4. The van der Waals surface area contributed by atoms with Crippen molar-refractivity contribution < 1.29 is 19.5 Å². The summed E-state index contributed by atoms with van der Waals surface area (Å²) in [5.74, 6) is -0.355. The third-order valence-electron chi connectivity index (χ3n) is 7.13. The average molecular weight is 468 g/mol. The topological polar surface area (TPSA) is 110 Å². The van der Waals surface area contributed by atoms with Crippen LogP contribution in [0.4, 0.5) is 0 Å². The Morgan fingerprint density at radius 2 is 1.86 bits per heavy atom. The lowest BCUT2D eigenvalue weighted by atomic mass is 9.70. The Kier molecular flexibility index (Phi) is 6.07. The molecule has 3 aliphatic carbocycles. The molecule has 1 N–H and O–H groups in total. The second-order valence-electron chi connectivity index (χ2n) is 9.33.